The average molecular weight is 383 g/mol. The van der Waals surface area contributed by atoms with Crippen molar-refractivity contribution in [2.45, 2.75) is 6.54 Å². The summed E-state index contributed by atoms with van der Waals surface area (Å²) in [5.41, 5.74) is 1.68. The number of benzene rings is 2. The highest BCUT2D eigenvalue weighted by Gasteiger charge is 2.23. The molecule has 0 fully saturated rings. The third-order valence-corrected chi connectivity index (χ3v) is 4.40. The molecule has 3 amide bonds. The number of rotatable bonds is 3. The first-order chi connectivity index (χ1) is 13.5. The highest BCUT2D eigenvalue weighted by Crippen LogP contribution is 2.34. The van der Waals surface area contributed by atoms with Crippen molar-refractivity contribution >= 4 is 29.1 Å². The molecule has 4 rings (SSSR count). The van der Waals surface area contributed by atoms with Crippen LogP contribution in [-0.4, -0.2) is 38.2 Å². The molecule has 9 heteroatoms. The summed E-state index contributed by atoms with van der Waals surface area (Å²) >= 11 is 0. The number of ether oxygens (including phenoxy) is 3. The van der Waals surface area contributed by atoms with Gasteiger partial charge in [0, 0.05) is 19.3 Å². The Labute approximate surface area is 160 Å². The second-order valence-corrected chi connectivity index (χ2v) is 6.25. The van der Waals surface area contributed by atoms with E-state index in [0.29, 0.717) is 28.6 Å². The largest absolute Gasteiger partial charge is 0.482 e. The molecule has 144 valence electrons. The highest BCUT2D eigenvalue weighted by atomic mass is 16.7. The van der Waals surface area contributed by atoms with E-state index in [1.165, 1.54) is 4.90 Å². The van der Waals surface area contributed by atoms with Gasteiger partial charge in [-0.3, -0.25) is 14.4 Å². The Balaban J connectivity index is 1.37. The number of fused-ring (bicyclic) bond motifs is 2. The van der Waals surface area contributed by atoms with Crippen LogP contribution in [0.2, 0.25) is 0 Å². The molecule has 0 aliphatic carbocycles. The quantitative estimate of drug-likeness (QED) is 0.767. The fraction of sp³-hybridized carbons (Fsp3) is 0.211. The lowest BCUT2D eigenvalue weighted by atomic mass is 10.2. The molecule has 0 spiro atoms. The molecule has 0 bridgehead atoms. The molecule has 0 saturated heterocycles. The molecular formula is C19H17N3O6. The molecular weight excluding hydrogens is 366 g/mol. The highest BCUT2D eigenvalue weighted by molar-refractivity contribution is 6.39. The van der Waals surface area contributed by atoms with E-state index in [4.69, 9.17) is 14.2 Å². The van der Waals surface area contributed by atoms with Gasteiger partial charge in [0.25, 0.3) is 5.91 Å². The fourth-order valence-electron chi connectivity index (χ4n) is 2.85. The first kappa shape index (κ1) is 17.7. The van der Waals surface area contributed by atoms with Crippen molar-refractivity contribution in [1.29, 1.82) is 0 Å². The molecule has 0 unspecified atom stereocenters. The van der Waals surface area contributed by atoms with Crippen LogP contribution in [0.5, 0.6) is 17.2 Å². The zero-order valence-corrected chi connectivity index (χ0v) is 15.0. The minimum absolute atomic E-state index is 0.0303. The number of nitrogens with zero attached hydrogens (tertiary/aromatic N) is 1. The van der Waals surface area contributed by atoms with Crippen molar-refractivity contribution in [3.05, 3.63) is 42.0 Å². The van der Waals surface area contributed by atoms with Gasteiger partial charge in [0.2, 0.25) is 6.79 Å². The topological polar surface area (TPSA) is 106 Å². The molecule has 2 aromatic carbocycles. The van der Waals surface area contributed by atoms with Crippen molar-refractivity contribution < 1.29 is 28.6 Å². The predicted octanol–water partition coefficient (Wildman–Crippen LogP) is 1.03. The number of likely N-dealkylation sites (N-methyl/N-ethyl adjacent to an activating group) is 1. The van der Waals surface area contributed by atoms with Crippen LogP contribution in [0.1, 0.15) is 5.56 Å². The van der Waals surface area contributed by atoms with Gasteiger partial charge < -0.3 is 29.7 Å². The SMILES string of the molecule is CN1C(=O)COc2ccc(NC(=O)C(=O)NCc3ccc4c(c3)OCO4)cc21. The lowest BCUT2D eigenvalue weighted by Gasteiger charge is -2.26. The smallest absolute Gasteiger partial charge is 0.313 e. The summed E-state index contributed by atoms with van der Waals surface area (Å²) in [5, 5.41) is 5.07. The van der Waals surface area contributed by atoms with Crippen LogP contribution < -0.4 is 29.7 Å². The maximum atomic E-state index is 12.2. The zero-order chi connectivity index (χ0) is 19.7. The minimum atomic E-state index is -0.814. The summed E-state index contributed by atoms with van der Waals surface area (Å²) in [6, 6.07) is 10.1. The summed E-state index contributed by atoms with van der Waals surface area (Å²) < 4.78 is 15.8. The van der Waals surface area contributed by atoms with E-state index >= 15 is 0 Å². The Hall–Kier alpha value is -3.75. The number of carbonyl (C=O) groups is 3. The predicted molar refractivity (Wildman–Crippen MR) is 98.4 cm³/mol. The van der Waals surface area contributed by atoms with Gasteiger partial charge in [-0.25, -0.2) is 0 Å². The Bertz CT molecular complexity index is 974. The van der Waals surface area contributed by atoms with Crippen molar-refractivity contribution in [1.82, 2.24) is 5.32 Å². The minimum Gasteiger partial charge on any atom is -0.482 e. The maximum Gasteiger partial charge on any atom is 0.313 e. The van der Waals surface area contributed by atoms with E-state index < -0.39 is 11.8 Å². The first-order valence-electron chi connectivity index (χ1n) is 8.52. The van der Waals surface area contributed by atoms with Gasteiger partial charge in [0.1, 0.15) is 5.75 Å². The fourth-order valence-corrected chi connectivity index (χ4v) is 2.85. The first-order valence-corrected chi connectivity index (χ1v) is 8.52. The summed E-state index contributed by atoms with van der Waals surface area (Å²) in [6.07, 6.45) is 0. The number of anilines is 2. The van der Waals surface area contributed by atoms with E-state index in [-0.39, 0.29) is 25.9 Å². The van der Waals surface area contributed by atoms with E-state index in [9.17, 15) is 14.4 Å². The van der Waals surface area contributed by atoms with E-state index in [2.05, 4.69) is 10.6 Å². The van der Waals surface area contributed by atoms with Crippen molar-refractivity contribution in [2.24, 2.45) is 0 Å². The van der Waals surface area contributed by atoms with Gasteiger partial charge in [-0.1, -0.05) is 6.07 Å². The van der Waals surface area contributed by atoms with Gasteiger partial charge in [-0.15, -0.1) is 0 Å². The number of hydrogen-bond donors (Lipinski definition) is 2. The second kappa shape index (κ2) is 7.10. The molecule has 0 aromatic heterocycles. The lowest BCUT2D eigenvalue weighted by molar-refractivity contribution is -0.136. The van der Waals surface area contributed by atoms with Crippen molar-refractivity contribution in [3.8, 4) is 17.2 Å². The number of hydrogen-bond acceptors (Lipinski definition) is 6. The Kier molecular flexibility index (Phi) is 4.48. The molecule has 2 heterocycles. The zero-order valence-electron chi connectivity index (χ0n) is 15.0. The summed E-state index contributed by atoms with van der Waals surface area (Å²) in [7, 11) is 1.62. The normalized spacial score (nSPS) is 14.2. The Morgan fingerprint density at radius 1 is 1.00 bits per heavy atom. The molecule has 0 radical (unpaired) electrons. The monoisotopic (exact) mass is 383 g/mol. The van der Waals surface area contributed by atoms with Gasteiger partial charge in [0.15, 0.2) is 18.1 Å². The van der Waals surface area contributed by atoms with Crippen LogP contribution >= 0.6 is 0 Å². The van der Waals surface area contributed by atoms with Gasteiger partial charge in [-0.05, 0) is 35.9 Å². The molecule has 9 nitrogen and oxygen atoms in total. The standard InChI is InChI=1S/C19H17N3O6/c1-22-13-7-12(3-5-14(13)26-9-17(22)23)21-19(25)18(24)20-8-11-2-4-15-16(6-11)28-10-27-15/h2-7H,8-10H2,1H3,(H,20,24)(H,21,25). The van der Waals surface area contributed by atoms with E-state index in [1.54, 1.807) is 43.4 Å². The van der Waals surface area contributed by atoms with Crippen molar-refractivity contribution in [2.75, 3.05) is 30.7 Å². The number of nitrogens with one attached hydrogen (secondary N) is 2. The number of carbonyl (C=O) groups excluding carboxylic acids is 3. The summed E-state index contributed by atoms with van der Waals surface area (Å²) in [5.74, 6) is -0.00826. The van der Waals surface area contributed by atoms with Gasteiger partial charge in [0.05, 0.1) is 5.69 Å². The van der Waals surface area contributed by atoms with Crippen LogP contribution in [0, 0.1) is 0 Å². The average Bonchev–Trinajstić information content (AvgIpc) is 3.17. The summed E-state index contributed by atoms with van der Waals surface area (Å²) in [4.78, 5) is 37.4. The lowest BCUT2D eigenvalue weighted by Crippen LogP contribution is -2.36. The third kappa shape index (κ3) is 3.41. The Morgan fingerprint density at radius 3 is 2.64 bits per heavy atom. The molecule has 28 heavy (non-hydrogen) atoms. The molecule has 0 saturated carbocycles. The van der Waals surface area contributed by atoms with Gasteiger partial charge >= 0.3 is 11.8 Å². The van der Waals surface area contributed by atoms with Crippen LogP contribution in [-0.2, 0) is 20.9 Å². The van der Waals surface area contributed by atoms with Crippen LogP contribution in [0.3, 0.4) is 0 Å². The van der Waals surface area contributed by atoms with E-state index in [0.717, 1.165) is 5.56 Å². The molecule has 2 aliphatic heterocycles. The molecule has 2 aliphatic rings. The van der Waals surface area contributed by atoms with Crippen LogP contribution in [0.25, 0.3) is 0 Å². The van der Waals surface area contributed by atoms with Crippen LogP contribution in [0.4, 0.5) is 11.4 Å². The Morgan fingerprint density at radius 2 is 1.79 bits per heavy atom. The van der Waals surface area contributed by atoms with Crippen LogP contribution in [0.15, 0.2) is 36.4 Å². The third-order valence-electron chi connectivity index (χ3n) is 4.40. The van der Waals surface area contributed by atoms with Crippen molar-refractivity contribution in [3.63, 3.8) is 0 Å². The maximum absolute atomic E-state index is 12.2. The summed E-state index contributed by atoms with van der Waals surface area (Å²) in [6.45, 7) is 0.301. The molecule has 2 N–H and O–H groups in total. The molecule has 0 atom stereocenters. The second-order valence-electron chi connectivity index (χ2n) is 6.25. The number of amides is 3. The molecule has 2 aromatic rings. The van der Waals surface area contributed by atoms with E-state index in [1.807, 2.05) is 0 Å². The van der Waals surface area contributed by atoms with Gasteiger partial charge in [-0.2, -0.15) is 0 Å².